The highest BCUT2D eigenvalue weighted by Crippen LogP contribution is 2.17. The molecule has 1 rings (SSSR count). The highest BCUT2D eigenvalue weighted by molar-refractivity contribution is 5.76. The Morgan fingerprint density at radius 1 is 1.41 bits per heavy atom. The standard InChI is InChI=1S/C13H20N2O2/c1-13(2,3)7-12(17)15-5-4-10-6-11(16)9-14-8-10/h6,8-9,16H,4-5,7H2,1-3H3,(H,15,17). The van der Waals surface area contributed by atoms with Crippen LogP contribution in [0.3, 0.4) is 0 Å². The third-order valence-corrected chi connectivity index (χ3v) is 2.21. The quantitative estimate of drug-likeness (QED) is 0.839. The number of hydrogen-bond donors (Lipinski definition) is 2. The Morgan fingerprint density at radius 2 is 2.12 bits per heavy atom. The molecule has 0 aromatic carbocycles. The first kappa shape index (κ1) is 13.5. The Balaban J connectivity index is 2.31. The fourth-order valence-corrected chi connectivity index (χ4v) is 1.50. The van der Waals surface area contributed by atoms with Gasteiger partial charge in [0, 0.05) is 19.2 Å². The molecule has 1 amide bonds. The largest absolute Gasteiger partial charge is 0.506 e. The topological polar surface area (TPSA) is 62.2 Å². The van der Waals surface area contributed by atoms with E-state index in [4.69, 9.17) is 0 Å². The van der Waals surface area contributed by atoms with Crippen molar-refractivity contribution in [3.8, 4) is 5.75 Å². The molecule has 0 bridgehead atoms. The van der Waals surface area contributed by atoms with Crippen LogP contribution >= 0.6 is 0 Å². The van der Waals surface area contributed by atoms with E-state index in [1.807, 2.05) is 20.8 Å². The number of amides is 1. The van der Waals surface area contributed by atoms with Crippen LogP contribution in [0.15, 0.2) is 18.5 Å². The summed E-state index contributed by atoms with van der Waals surface area (Å²) in [5, 5.41) is 12.1. The number of nitrogens with zero attached hydrogens (tertiary/aromatic N) is 1. The molecular weight excluding hydrogens is 216 g/mol. The fourth-order valence-electron chi connectivity index (χ4n) is 1.50. The van der Waals surface area contributed by atoms with Crippen LogP contribution in [-0.4, -0.2) is 22.5 Å². The van der Waals surface area contributed by atoms with Crippen LogP contribution in [0.5, 0.6) is 5.75 Å². The van der Waals surface area contributed by atoms with Crippen LogP contribution in [0.2, 0.25) is 0 Å². The second kappa shape index (κ2) is 5.66. The van der Waals surface area contributed by atoms with Gasteiger partial charge in [0.15, 0.2) is 0 Å². The minimum atomic E-state index is 0.0106. The zero-order valence-corrected chi connectivity index (χ0v) is 10.7. The van der Waals surface area contributed by atoms with Crippen molar-refractivity contribution in [3.63, 3.8) is 0 Å². The average Bonchev–Trinajstić information content (AvgIpc) is 2.14. The first-order chi connectivity index (χ1) is 7.87. The lowest BCUT2D eigenvalue weighted by atomic mass is 9.92. The molecule has 1 aromatic heterocycles. The van der Waals surface area contributed by atoms with Crippen molar-refractivity contribution >= 4 is 5.91 Å². The van der Waals surface area contributed by atoms with Crippen molar-refractivity contribution in [2.75, 3.05) is 6.54 Å². The zero-order valence-electron chi connectivity index (χ0n) is 10.7. The molecule has 4 heteroatoms. The SMILES string of the molecule is CC(C)(C)CC(=O)NCCc1cncc(O)c1. The highest BCUT2D eigenvalue weighted by atomic mass is 16.3. The van der Waals surface area contributed by atoms with Crippen molar-refractivity contribution in [2.24, 2.45) is 5.41 Å². The third kappa shape index (κ3) is 5.90. The molecule has 0 atom stereocenters. The average molecular weight is 236 g/mol. The second-order valence-electron chi connectivity index (χ2n) is 5.39. The van der Waals surface area contributed by atoms with Gasteiger partial charge in [0.25, 0.3) is 0 Å². The maximum atomic E-state index is 11.5. The van der Waals surface area contributed by atoms with E-state index in [-0.39, 0.29) is 17.1 Å². The fraction of sp³-hybridized carbons (Fsp3) is 0.538. The Hall–Kier alpha value is -1.58. The molecule has 0 aliphatic rings. The summed E-state index contributed by atoms with van der Waals surface area (Å²) in [4.78, 5) is 15.4. The lowest BCUT2D eigenvalue weighted by molar-refractivity contribution is -0.122. The van der Waals surface area contributed by atoms with E-state index >= 15 is 0 Å². The Bertz CT molecular complexity index is 383. The molecule has 0 saturated heterocycles. The van der Waals surface area contributed by atoms with E-state index in [0.29, 0.717) is 19.4 Å². The van der Waals surface area contributed by atoms with Crippen molar-refractivity contribution in [1.82, 2.24) is 10.3 Å². The van der Waals surface area contributed by atoms with Gasteiger partial charge in [-0.2, -0.15) is 0 Å². The monoisotopic (exact) mass is 236 g/mol. The van der Waals surface area contributed by atoms with Gasteiger partial charge in [-0.15, -0.1) is 0 Å². The van der Waals surface area contributed by atoms with Gasteiger partial charge in [-0.05, 0) is 23.5 Å². The Kier molecular flexibility index (Phi) is 4.49. The van der Waals surface area contributed by atoms with Crippen LogP contribution in [0.1, 0.15) is 32.8 Å². The number of nitrogens with one attached hydrogen (secondary N) is 1. The van der Waals surface area contributed by atoms with Crippen LogP contribution in [0.25, 0.3) is 0 Å². The number of pyridine rings is 1. The first-order valence-electron chi connectivity index (χ1n) is 5.76. The van der Waals surface area contributed by atoms with Crippen molar-refractivity contribution in [1.29, 1.82) is 0 Å². The van der Waals surface area contributed by atoms with Gasteiger partial charge >= 0.3 is 0 Å². The molecule has 0 aliphatic heterocycles. The molecular formula is C13H20N2O2. The van der Waals surface area contributed by atoms with Gasteiger partial charge in [0.1, 0.15) is 5.75 Å². The summed E-state index contributed by atoms with van der Waals surface area (Å²) >= 11 is 0. The summed E-state index contributed by atoms with van der Waals surface area (Å²) in [6.07, 6.45) is 4.28. The zero-order chi connectivity index (χ0) is 12.9. The lowest BCUT2D eigenvalue weighted by Crippen LogP contribution is -2.29. The van der Waals surface area contributed by atoms with Gasteiger partial charge in [-0.25, -0.2) is 0 Å². The van der Waals surface area contributed by atoms with Gasteiger partial charge in [-0.1, -0.05) is 20.8 Å². The molecule has 0 spiro atoms. The third-order valence-electron chi connectivity index (χ3n) is 2.21. The summed E-state index contributed by atoms with van der Waals surface area (Å²) in [5.74, 6) is 0.217. The van der Waals surface area contributed by atoms with Crippen LogP contribution in [-0.2, 0) is 11.2 Å². The molecule has 1 aromatic rings. The Labute approximate surface area is 102 Å². The predicted molar refractivity (Wildman–Crippen MR) is 66.7 cm³/mol. The molecule has 1 heterocycles. The van der Waals surface area contributed by atoms with E-state index in [1.165, 1.54) is 6.20 Å². The molecule has 0 unspecified atom stereocenters. The molecule has 0 radical (unpaired) electrons. The van der Waals surface area contributed by atoms with E-state index in [2.05, 4.69) is 10.3 Å². The highest BCUT2D eigenvalue weighted by Gasteiger charge is 2.15. The first-order valence-corrected chi connectivity index (χ1v) is 5.76. The van der Waals surface area contributed by atoms with Crippen molar-refractivity contribution in [2.45, 2.75) is 33.6 Å². The maximum Gasteiger partial charge on any atom is 0.220 e. The van der Waals surface area contributed by atoms with Gasteiger partial charge in [0.2, 0.25) is 5.91 Å². The summed E-state index contributed by atoms with van der Waals surface area (Å²) in [6, 6.07) is 1.66. The molecule has 94 valence electrons. The number of hydrogen-bond acceptors (Lipinski definition) is 3. The molecule has 17 heavy (non-hydrogen) atoms. The number of rotatable bonds is 4. The molecule has 0 saturated carbocycles. The van der Waals surface area contributed by atoms with Crippen molar-refractivity contribution < 1.29 is 9.90 Å². The smallest absolute Gasteiger partial charge is 0.220 e. The normalized spacial score (nSPS) is 11.2. The number of carbonyl (C=O) groups is 1. The maximum absolute atomic E-state index is 11.5. The van der Waals surface area contributed by atoms with E-state index in [0.717, 1.165) is 5.56 Å². The Morgan fingerprint density at radius 3 is 2.71 bits per heavy atom. The summed E-state index contributed by atoms with van der Waals surface area (Å²) in [6.45, 7) is 6.67. The number of aromatic nitrogens is 1. The number of carbonyl (C=O) groups excluding carboxylic acids is 1. The molecule has 4 nitrogen and oxygen atoms in total. The van der Waals surface area contributed by atoms with Crippen LogP contribution in [0.4, 0.5) is 0 Å². The van der Waals surface area contributed by atoms with Crippen LogP contribution in [0, 0.1) is 5.41 Å². The van der Waals surface area contributed by atoms with Gasteiger partial charge in [0.05, 0.1) is 6.20 Å². The minimum Gasteiger partial charge on any atom is -0.506 e. The summed E-state index contributed by atoms with van der Waals surface area (Å²) in [5.41, 5.74) is 0.928. The lowest BCUT2D eigenvalue weighted by Gasteiger charge is -2.17. The minimum absolute atomic E-state index is 0.0106. The number of aromatic hydroxyl groups is 1. The van der Waals surface area contributed by atoms with Gasteiger partial charge < -0.3 is 10.4 Å². The van der Waals surface area contributed by atoms with Crippen molar-refractivity contribution in [3.05, 3.63) is 24.0 Å². The van der Waals surface area contributed by atoms with E-state index < -0.39 is 0 Å². The summed E-state index contributed by atoms with van der Waals surface area (Å²) in [7, 11) is 0. The second-order valence-corrected chi connectivity index (χ2v) is 5.39. The molecule has 0 fully saturated rings. The van der Waals surface area contributed by atoms with Crippen LogP contribution < -0.4 is 5.32 Å². The predicted octanol–water partition coefficient (Wildman–Crippen LogP) is 1.88. The summed E-state index contributed by atoms with van der Waals surface area (Å²) < 4.78 is 0. The van der Waals surface area contributed by atoms with E-state index in [1.54, 1.807) is 12.3 Å². The van der Waals surface area contributed by atoms with Gasteiger partial charge in [-0.3, -0.25) is 9.78 Å². The molecule has 0 aliphatic carbocycles. The molecule has 2 N–H and O–H groups in total. The van der Waals surface area contributed by atoms with E-state index in [9.17, 15) is 9.90 Å².